The van der Waals surface area contributed by atoms with Crippen LogP contribution in [0.25, 0.3) is 0 Å². The highest BCUT2D eigenvalue weighted by atomic mass is 19.4. The molecule has 1 unspecified atom stereocenters. The van der Waals surface area contributed by atoms with Gasteiger partial charge in [-0.3, -0.25) is 14.9 Å². The van der Waals surface area contributed by atoms with Crippen molar-refractivity contribution in [1.82, 2.24) is 20.0 Å². The molecule has 0 bridgehead atoms. The van der Waals surface area contributed by atoms with Crippen LogP contribution in [0.4, 0.5) is 23.8 Å². The lowest BCUT2D eigenvalue weighted by molar-refractivity contribution is -0.137. The van der Waals surface area contributed by atoms with Gasteiger partial charge in [0.25, 0.3) is 0 Å². The Morgan fingerprint density at radius 2 is 2.00 bits per heavy atom. The standard InChI is InChI=1S/C17H20F3N5O/c1-24-8-7-15(23-24)22-16(26)21-14-6-9-25(11-14)10-12-2-4-13(5-3-12)17(18,19)20/h2-5,7-8,14H,6,9-11H2,1H3,(H2,21,22,23,26). The SMILES string of the molecule is Cn1ccc(NC(=O)NC2CCN(Cc3ccc(C(F)(F)F)cc3)C2)n1. The third-order valence-corrected chi connectivity index (χ3v) is 4.25. The molecule has 2 heterocycles. The van der Waals surface area contributed by atoms with Crippen LogP contribution in [0.5, 0.6) is 0 Å². The van der Waals surface area contributed by atoms with Gasteiger partial charge in [0, 0.05) is 45.0 Å². The van der Waals surface area contributed by atoms with Crippen LogP contribution in [-0.2, 0) is 19.8 Å². The van der Waals surface area contributed by atoms with E-state index in [0.29, 0.717) is 18.9 Å². The van der Waals surface area contributed by atoms with Crippen molar-refractivity contribution in [2.45, 2.75) is 25.2 Å². The molecule has 26 heavy (non-hydrogen) atoms. The Kier molecular flexibility index (Phi) is 5.17. The minimum atomic E-state index is -4.32. The molecule has 1 aromatic carbocycles. The summed E-state index contributed by atoms with van der Waals surface area (Å²) in [6.45, 7) is 1.98. The Morgan fingerprint density at radius 1 is 1.27 bits per heavy atom. The van der Waals surface area contributed by atoms with Gasteiger partial charge in [0.2, 0.25) is 0 Å². The number of hydrogen-bond donors (Lipinski definition) is 2. The van der Waals surface area contributed by atoms with E-state index in [2.05, 4.69) is 20.6 Å². The van der Waals surface area contributed by atoms with Crippen LogP contribution in [0.2, 0.25) is 0 Å². The number of carbonyl (C=O) groups is 1. The van der Waals surface area contributed by atoms with Gasteiger partial charge in [-0.15, -0.1) is 0 Å². The van der Waals surface area contributed by atoms with Gasteiger partial charge >= 0.3 is 12.2 Å². The van der Waals surface area contributed by atoms with E-state index in [0.717, 1.165) is 30.7 Å². The number of urea groups is 1. The first-order valence-electron chi connectivity index (χ1n) is 8.25. The lowest BCUT2D eigenvalue weighted by Gasteiger charge is -2.17. The van der Waals surface area contributed by atoms with E-state index in [1.54, 1.807) is 24.0 Å². The quantitative estimate of drug-likeness (QED) is 0.874. The van der Waals surface area contributed by atoms with Gasteiger partial charge in [-0.05, 0) is 24.1 Å². The number of aryl methyl sites for hydroxylation is 1. The number of benzene rings is 1. The minimum Gasteiger partial charge on any atom is -0.334 e. The average Bonchev–Trinajstić information content (AvgIpc) is 3.16. The van der Waals surface area contributed by atoms with E-state index >= 15 is 0 Å². The summed E-state index contributed by atoms with van der Waals surface area (Å²) in [6.07, 6.45) is -1.80. The number of anilines is 1. The molecule has 9 heteroatoms. The van der Waals surface area contributed by atoms with E-state index < -0.39 is 11.7 Å². The van der Waals surface area contributed by atoms with Crippen molar-refractivity contribution in [2.75, 3.05) is 18.4 Å². The van der Waals surface area contributed by atoms with E-state index in [9.17, 15) is 18.0 Å². The normalized spacial score (nSPS) is 18.1. The van der Waals surface area contributed by atoms with Gasteiger partial charge in [0.05, 0.1) is 5.56 Å². The molecule has 2 N–H and O–H groups in total. The summed E-state index contributed by atoms with van der Waals surface area (Å²) in [7, 11) is 1.76. The fraction of sp³-hybridized carbons (Fsp3) is 0.412. The summed E-state index contributed by atoms with van der Waals surface area (Å²) in [5.74, 6) is 0.476. The maximum atomic E-state index is 12.6. The summed E-state index contributed by atoms with van der Waals surface area (Å²) < 4.78 is 39.4. The Bertz CT molecular complexity index is 757. The summed E-state index contributed by atoms with van der Waals surface area (Å²) in [4.78, 5) is 14.1. The molecule has 6 nitrogen and oxygen atoms in total. The van der Waals surface area contributed by atoms with Crippen molar-refractivity contribution in [2.24, 2.45) is 7.05 Å². The first-order valence-corrected chi connectivity index (χ1v) is 8.25. The number of aromatic nitrogens is 2. The number of amides is 2. The maximum absolute atomic E-state index is 12.6. The molecule has 2 aromatic rings. The third kappa shape index (κ3) is 4.75. The van der Waals surface area contributed by atoms with Gasteiger partial charge in [0.15, 0.2) is 5.82 Å². The zero-order chi connectivity index (χ0) is 18.7. The molecular weight excluding hydrogens is 347 g/mol. The molecule has 0 spiro atoms. The minimum absolute atomic E-state index is 0.00633. The van der Waals surface area contributed by atoms with Gasteiger partial charge < -0.3 is 5.32 Å². The van der Waals surface area contributed by atoms with Crippen molar-refractivity contribution in [3.05, 3.63) is 47.7 Å². The summed E-state index contributed by atoms with van der Waals surface area (Å²) in [5, 5.41) is 9.63. The monoisotopic (exact) mass is 367 g/mol. The molecule has 1 aromatic heterocycles. The van der Waals surface area contributed by atoms with Gasteiger partial charge in [-0.25, -0.2) is 4.79 Å². The van der Waals surface area contributed by atoms with E-state index in [-0.39, 0.29) is 12.1 Å². The number of hydrogen-bond acceptors (Lipinski definition) is 3. The van der Waals surface area contributed by atoms with Crippen molar-refractivity contribution >= 4 is 11.8 Å². The molecule has 0 saturated carbocycles. The Hall–Kier alpha value is -2.55. The summed E-state index contributed by atoms with van der Waals surface area (Å²) >= 11 is 0. The Balaban J connectivity index is 1.47. The fourth-order valence-electron chi connectivity index (χ4n) is 2.97. The zero-order valence-electron chi connectivity index (χ0n) is 14.3. The van der Waals surface area contributed by atoms with Crippen molar-refractivity contribution in [3.63, 3.8) is 0 Å². The summed E-state index contributed by atoms with van der Waals surface area (Å²) in [5.41, 5.74) is 0.171. The van der Waals surface area contributed by atoms with Crippen LogP contribution in [0, 0.1) is 0 Å². The molecule has 3 rings (SSSR count). The van der Waals surface area contributed by atoms with Gasteiger partial charge in [-0.2, -0.15) is 18.3 Å². The van der Waals surface area contributed by atoms with Crippen molar-refractivity contribution in [3.8, 4) is 0 Å². The lowest BCUT2D eigenvalue weighted by Crippen LogP contribution is -2.39. The van der Waals surface area contributed by atoms with Crippen LogP contribution >= 0.6 is 0 Å². The molecule has 1 fully saturated rings. The van der Waals surface area contributed by atoms with Crippen LogP contribution in [0.15, 0.2) is 36.5 Å². The molecule has 0 aliphatic carbocycles. The largest absolute Gasteiger partial charge is 0.416 e. The molecule has 1 saturated heterocycles. The lowest BCUT2D eigenvalue weighted by atomic mass is 10.1. The van der Waals surface area contributed by atoms with Gasteiger partial charge in [-0.1, -0.05) is 12.1 Å². The number of nitrogens with zero attached hydrogens (tertiary/aromatic N) is 3. The number of carbonyl (C=O) groups excluding carboxylic acids is 1. The molecule has 2 amide bonds. The maximum Gasteiger partial charge on any atom is 0.416 e. The second-order valence-corrected chi connectivity index (χ2v) is 6.39. The topological polar surface area (TPSA) is 62.2 Å². The first kappa shape index (κ1) is 18.2. The van der Waals surface area contributed by atoms with Crippen LogP contribution in [0.1, 0.15) is 17.5 Å². The predicted molar refractivity (Wildman–Crippen MR) is 90.5 cm³/mol. The number of rotatable bonds is 4. The third-order valence-electron chi connectivity index (χ3n) is 4.25. The first-order chi connectivity index (χ1) is 12.3. The molecule has 1 aliphatic rings. The van der Waals surface area contributed by atoms with Crippen LogP contribution < -0.4 is 10.6 Å². The second-order valence-electron chi connectivity index (χ2n) is 6.39. The molecule has 1 atom stereocenters. The molecule has 1 aliphatic heterocycles. The highest BCUT2D eigenvalue weighted by Gasteiger charge is 2.30. The number of halogens is 3. The van der Waals surface area contributed by atoms with Crippen molar-refractivity contribution in [1.29, 1.82) is 0 Å². The smallest absolute Gasteiger partial charge is 0.334 e. The molecule has 140 valence electrons. The fourth-order valence-corrected chi connectivity index (χ4v) is 2.97. The van der Waals surface area contributed by atoms with E-state index in [1.165, 1.54) is 12.1 Å². The summed E-state index contributed by atoms with van der Waals surface area (Å²) in [6, 6.07) is 6.57. The zero-order valence-corrected chi connectivity index (χ0v) is 14.3. The average molecular weight is 367 g/mol. The number of nitrogens with one attached hydrogen (secondary N) is 2. The van der Waals surface area contributed by atoms with E-state index in [1.807, 2.05) is 0 Å². The molecule has 0 radical (unpaired) electrons. The Morgan fingerprint density at radius 3 is 2.62 bits per heavy atom. The highest BCUT2D eigenvalue weighted by molar-refractivity contribution is 5.88. The number of alkyl halides is 3. The highest BCUT2D eigenvalue weighted by Crippen LogP contribution is 2.29. The van der Waals surface area contributed by atoms with Crippen LogP contribution in [0.3, 0.4) is 0 Å². The number of likely N-dealkylation sites (tertiary alicyclic amines) is 1. The predicted octanol–water partition coefficient (Wildman–Crippen LogP) is 2.83. The van der Waals surface area contributed by atoms with Gasteiger partial charge in [0.1, 0.15) is 0 Å². The van der Waals surface area contributed by atoms with Crippen molar-refractivity contribution < 1.29 is 18.0 Å². The molecular formula is C17H20F3N5O. The van der Waals surface area contributed by atoms with Crippen LogP contribution in [-0.4, -0.2) is 39.8 Å². The van der Waals surface area contributed by atoms with E-state index in [4.69, 9.17) is 0 Å². The second kappa shape index (κ2) is 7.36. The Labute approximate surface area is 149 Å².